The molecule has 0 heterocycles. The quantitative estimate of drug-likeness (QED) is 0.298. The fraction of sp³-hybridized carbons (Fsp3) is 0.294. The number of nitro groups is 2. The lowest BCUT2D eigenvalue weighted by atomic mass is 10.1. The molecule has 0 fully saturated rings. The van der Waals surface area contributed by atoms with E-state index in [0.29, 0.717) is 12.1 Å². The molecule has 3 N–H and O–H groups in total. The molecule has 11 nitrogen and oxygen atoms in total. The van der Waals surface area contributed by atoms with Gasteiger partial charge < -0.3 is 10.1 Å². The minimum absolute atomic E-state index is 0.0137. The Kier molecular flexibility index (Phi) is 8.59. The highest BCUT2D eigenvalue weighted by molar-refractivity contribution is 7.30. The second-order valence-electron chi connectivity index (χ2n) is 7.10. The number of alkyl halides is 3. The van der Waals surface area contributed by atoms with Gasteiger partial charge in [0.15, 0.2) is 0 Å². The summed E-state index contributed by atoms with van der Waals surface area (Å²) in [5.41, 5.74) is -2.75. The molecular formula is C17H18F3N3O8P+. The third kappa shape index (κ3) is 8.41. The normalized spacial score (nSPS) is 11.1. The van der Waals surface area contributed by atoms with Crippen molar-refractivity contribution in [3.8, 4) is 11.5 Å². The van der Waals surface area contributed by atoms with Gasteiger partial charge in [0.25, 0.3) is 5.69 Å². The number of rotatable bonds is 5. The average Bonchev–Trinajstić information content (AvgIpc) is 2.58. The first-order valence-corrected chi connectivity index (χ1v) is 9.63. The van der Waals surface area contributed by atoms with Gasteiger partial charge in [-0.2, -0.15) is 13.2 Å². The lowest BCUT2D eigenvalue weighted by Crippen LogP contribution is -2.26. The highest BCUT2D eigenvalue weighted by Gasteiger charge is 2.33. The summed E-state index contributed by atoms with van der Waals surface area (Å²) in [4.78, 5) is 35.0. The predicted molar refractivity (Wildman–Crippen MR) is 107 cm³/mol. The molecule has 15 heteroatoms. The Hall–Kier alpha value is -3.35. The Bertz CT molecular complexity index is 1020. The molecule has 0 unspecified atom stereocenters. The van der Waals surface area contributed by atoms with Crippen LogP contribution in [0.1, 0.15) is 26.3 Å². The van der Waals surface area contributed by atoms with Gasteiger partial charge in [0.2, 0.25) is 5.75 Å². The number of ether oxygens (including phenoxy) is 1. The smallest absolute Gasteiger partial charge is 0.450 e. The Balaban J connectivity index is 0.00000118. The van der Waals surface area contributed by atoms with Gasteiger partial charge in [-0.05, 0) is 39.0 Å². The first-order valence-electron chi connectivity index (χ1n) is 8.46. The summed E-state index contributed by atoms with van der Waals surface area (Å²) in [6.07, 6.45) is -4.75. The minimum atomic E-state index is -4.75. The van der Waals surface area contributed by atoms with Gasteiger partial charge >= 0.3 is 20.1 Å². The molecule has 0 saturated carbocycles. The number of nitrogens with one attached hydrogen (secondary N) is 1. The van der Waals surface area contributed by atoms with Crippen molar-refractivity contribution in [1.29, 1.82) is 0 Å². The van der Waals surface area contributed by atoms with E-state index in [1.165, 1.54) is 12.1 Å². The Morgan fingerprint density at radius 3 is 1.94 bits per heavy atom. The zero-order chi connectivity index (χ0) is 24.9. The van der Waals surface area contributed by atoms with E-state index in [-0.39, 0.29) is 17.1 Å². The molecule has 0 radical (unpaired) electrons. The largest absolute Gasteiger partial charge is 0.692 e. The Labute approximate surface area is 179 Å². The van der Waals surface area contributed by atoms with E-state index >= 15 is 0 Å². The molecule has 0 aliphatic rings. The molecule has 0 saturated heterocycles. The number of anilines is 1. The van der Waals surface area contributed by atoms with Gasteiger partial charge in [-0.1, -0.05) is 0 Å². The number of halogens is 3. The van der Waals surface area contributed by atoms with Crippen molar-refractivity contribution in [3.63, 3.8) is 0 Å². The molecule has 0 atom stereocenters. The maximum atomic E-state index is 12.8. The molecule has 0 aromatic heterocycles. The topological polar surface area (TPSA) is 165 Å². The molecule has 2 aromatic carbocycles. The fourth-order valence-electron chi connectivity index (χ4n) is 2.29. The summed E-state index contributed by atoms with van der Waals surface area (Å²) >= 11 is 0. The van der Waals surface area contributed by atoms with Crippen molar-refractivity contribution in [2.24, 2.45) is 0 Å². The SMILES string of the molecule is CC(C)(C)Nc1cc(Oc2ccc(C(F)(F)F)cc2[N+](=O)[O-])ccc1[N+](=O)[O-].O=[P+](O)O. The Morgan fingerprint density at radius 1 is 0.969 bits per heavy atom. The summed E-state index contributed by atoms with van der Waals surface area (Å²) in [6, 6.07) is 5.45. The molecule has 0 aliphatic carbocycles. The van der Waals surface area contributed by atoms with Crippen molar-refractivity contribution < 1.29 is 42.1 Å². The highest BCUT2D eigenvalue weighted by Crippen LogP contribution is 2.39. The van der Waals surface area contributed by atoms with Gasteiger partial charge in [0.05, 0.1) is 15.4 Å². The van der Waals surface area contributed by atoms with Crippen LogP contribution in [0.3, 0.4) is 0 Å². The van der Waals surface area contributed by atoms with E-state index < -0.39 is 46.8 Å². The van der Waals surface area contributed by atoms with E-state index in [0.717, 1.165) is 12.1 Å². The van der Waals surface area contributed by atoms with Crippen LogP contribution in [-0.4, -0.2) is 25.2 Å². The Morgan fingerprint density at radius 2 is 1.50 bits per heavy atom. The first-order chi connectivity index (χ1) is 14.5. The summed E-state index contributed by atoms with van der Waals surface area (Å²) in [7, 11) is -2.87. The van der Waals surface area contributed by atoms with E-state index in [4.69, 9.17) is 19.1 Å². The monoisotopic (exact) mass is 480 g/mol. The van der Waals surface area contributed by atoms with Crippen LogP contribution in [0.15, 0.2) is 36.4 Å². The lowest BCUT2D eigenvalue weighted by molar-refractivity contribution is -0.385. The molecule has 32 heavy (non-hydrogen) atoms. The van der Waals surface area contributed by atoms with Crippen molar-refractivity contribution in [1.82, 2.24) is 0 Å². The van der Waals surface area contributed by atoms with Crippen molar-refractivity contribution in [3.05, 3.63) is 62.2 Å². The van der Waals surface area contributed by atoms with E-state index in [9.17, 15) is 33.4 Å². The van der Waals surface area contributed by atoms with Gasteiger partial charge in [0, 0.05) is 28.3 Å². The van der Waals surface area contributed by atoms with E-state index in [1.807, 2.05) is 0 Å². The van der Waals surface area contributed by atoms with Gasteiger partial charge in [0.1, 0.15) is 11.4 Å². The van der Waals surface area contributed by atoms with Crippen LogP contribution in [-0.2, 0) is 10.7 Å². The molecule has 2 aromatic rings. The fourth-order valence-corrected chi connectivity index (χ4v) is 2.29. The third-order valence-electron chi connectivity index (χ3n) is 3.39. The third-order valence-corrected chi connectivity index (χ3v) is 3.39. The molecule has 0 aliphatic heterocycles. The van der Waals surface area contributed by atoms with Crippen LogP contribution in [0, 0.1) is 20.2 Å². The van der Waals surface area contributed by atoms with Crippen LogP contribution >= 0.6 is 8.25 Å². The maximum Gasteiger partial charge on any atom is 0.692 e. The molecule has 0 bridgehead atoms. The van der Waals surface area contributed by atoms with E-state index in [1.54, 1.807) is 20.8 Å². The van der Waals surface area contributed by atoms with Crippen molar-refractivity contribution in [2.45, 2.75) is 32.5 Å². The van der Waals surface area contributed by atoms with Crippen LogP contribution in [0.5, 0.6) is 11.5 Å². The summed E-state index contributed by atoms with van der Waals surface area (Å²) in [5.74, 6) is -0.436. The number of benzene rings is 2. The van der Waals surface area contributed by atoms with Gasteiger partial charge in [-0.15, -0.1) is 9.79 Å². The summed E-state index contributed by atoms with van der Waals surface area (Å²) in [5, 5.41) is 25.2. The van der Waals surface area contributed by atoms with Crippen molar-refractivity contribution >= 4 is 25.3 Å². The lowest BCUT2D eigenvalue weighted by Gasteiger charge is -2.22. The summed E-state index contributed by atoms with van der Waals surface area (Å²) in [6.45, 7) is 5.31. The van der Waals surface area contributed by atoms with Crippen molar-refractivity contribution in [2.75, 3.05) is 5.32 Å². The van der Waals surface area contributed by atoms with Crippen LogP contribution in [0.25, 0.3) is 0 Å². The zero-order valence-electron chi connectivity index (χ0n) is 16.8. The summed E-state index contributed by atoms with van der Waals surface area (Å²) < 4.78 is 52.4. The second kappa shape index (κ2) is 10.3. The minimum Gasteiger partial charge on any atom is -0.450 e. The maximum absolute atomic E-state index is 12.8. The van der Waals surface area contributed by atoms with Crippen LogP contribution in [0.4, 0.5) is 30.2 Å². The standard InChI is InChI=1S/C17H16F3N3O5.HO3P/c1-16(2,3)21-12-9-11(5-6-13(12)22(24)25)28-15-7-4-10(17(18,19)20)8-14(15)23(26)27;1-4(2)3/h4-9,21H,1-3H3;(H-,1,2,3)/p+1. The van der Waals surface area contributed by atoms with E-state index in [2.05, 4.69) is 5.32 Å². The second-order valence-corrected chi connectivity index (χ2v) is 7.61. The molecule has 2 rings (SSSR count). The first kappa shape index (κ1) is 26.7. The molecule has 174 valence electrons. The zero-order valence-corrected chi connectivity index (χ0v) is 17.7. The van der Waals surface area contributed by atoms with Gasteiger partial charge in [-0.3, -0.25) is 20.2 Å². The van der Waals surface area contributed by atoms with Crippen LogP contribution in [0.2, 0.25) is 0 Å². The number of nitrogens with zero attached hydrogens (tertiary/aromatic N) is 2. The highest BCUT2D eigenvalue weighted by atomic mass is 31.1. The number of nitro benzene ring substituents is 2. The number of hydrogen-bond donors (Lipinski definition) is 3. The van der Waals surface area contributed by atoms with Gasteiger partial charge in [-0.25, -0.2) is 0 Å². The predicted octanol–water partition coefficient (Wildman–Crippen LogP) is 5.15. The molecule has 0 amide bonds. The molecule has 0 spiro atoms. The molecular weight excluding hydrogens is 462 g/mol. The average molecular weight is 480 g/mol. The number of hydrogen-bond acceptors (Lipinski definition) is 7. The van der Waals surface area contributed by atoms with Crippen LogP contribution < -0.4 is 10.1 Å².